The van der Waals surface area contributed by atoms with E-state index >= 15 is 0 Å². The fourth-order valence-electron chi connectivity index (χ4n) is 1.47. The molecular formula is C12H14F3NO4S. The van der Waals surface area contributed by atoms with Gasteiger partial charge in [-0.05, 0) is 18.6 Å². The molecule has 1 amide bonds. The summed E-state index contributed by atoms with van der Waals surface area (Å²) in [6, 6.07) is 6.02. The number of carbonyl (C=O) groups is 1. The van der Waals surface area contributed by atoms with Gasteiger partial charge in [-0.15, -0.1) is 0 Å². The van der Waals surface area contributed by atoms with Crippen molar-refractivity contribution in [1.82, 2.24) is 4.72 Å². The van der Waals surface area contributed by atoms with E-state index in [-0.39, 0.29) is 4.90 Å². The third-order valence-electron chi connectivity index (χ3n) is 2.37. The van der Waals surface area contributed by atoms with Crippen LogP contribution < -0.4 is 4.72 Å². The maximum Gasteiger partial charge on any atom is 0.411 e. The zero-order valence-electron chi connectivity index (χ0n) is 11.1. The van der Waals surface area contributed by atoms with Gasteiger partial charge in [-0.2, -0.15) is 13.2 Å². The monoisotopic (exact) mass is 325 g/mol. The first-order valence-corrected chi connectivity index (χ1v) is 7.36. The fraction of sp³-hybridized carbons (Fsp3) is 0.417. The Kier molecular flexibility index (Phi) is 5.73. The van der Waals surface area contributed by atoms with E-state index in [9.17, 15) is 26.4 Å². The topological polar surface area (TPSA) is 72.5 Å². The number of amides is 1. The van der Waals surface area contributed by atoms with Crippen molar-refractivity contribution in [3.8, 4) is 0 Å². The first-order valence-electron chi connectivity index (χ1n) is 5.87. The molecule has 0 aliphatic heterocycles. The van der Waals surface area contributed by atoms with Gasteiger partial charge in [0, 0.05) is 0 Å². The second kappa shape index (κ2) is 6.90. The number of carbonyl (C=O) groups excluding carboxylic acids is 1. The Morgan fingerprint density at radius 3 is 2.48 bits per heavy atom. The van der Waals surface area contributed by atoms with E-state index in [4.69, 9.17) is 0 Å². The van der Waals surface area contributed by atoms with Crippen molar-refractivity contribution >= 4 is 15.9 Å². The number of sulfonamides is 1. The molecule has 5 nitrogen and oxygen atoms in total. The molecule has 1 N–H and O–H groups in total. The van der Waals surface area contributed by atoms with E-state index in [0.29, 0.717) is 5.56 Å². The highest BCUT2D eigenvalue weighted by Gasteiger charge is 2.27. The van der Waals surface area contributed by atoms with Gasteiger partial charge in [0.1, 0.15) is 6.61 Å². The predicted octanol–water partition coefficient (Wildman–Crippen LogP) is 1.77. The zero-order valence-corrected chi connectivity index (χ0v) is 11.9. The molecule has 0 radical (unpaired) electrons. The number of nitrogens with one attached hydrogen (secondary N) is 1. The molecule has 1 rings (SSSR count). The number of aryl methyl sites for hydroxylation is 1. The van der Waals surface area contributed by atoms with E-state index in [0.717, 1.165) is 0 Å². The van der Waals surface area contributed by atoms with Gasteiger partial charge in [-0.25, -0.2) is 13.1 Å². The number of rotatable bonds is 6. The van der Waals surface area contributed by atoms with Gasteiger partial charge < -0.3 is 4.74 Å². The highest BCUT2D eigenvalue weighted by Crippen LogP contribution is 2.15. The maximum absolute atomic E-state index is 11.9. The standard InChI is InChI=1S/C12H14F3NO4S/c1-9-4-2-3-5-10(9)21(18,19)16-11(17)6-7-20-8-12(13,14)15/h2-5H,6-8H2,1H3,(H,16,17). The molecule has 0 atom stereocenters. The lowest BCUT2D eigenvalue weighted by Crippen LogP contribution is -2.32. The number of benzene rings is 1. The fourth-order valence-corrected chi connectivity index (χ4v) is 2.73. The van der Waals surface area contributed by atoms with E-state index in [1.165, 1.54) is 12.1 Å². The van der Waals surface area contributed by atoms with Crippen LogP contribution in [0.4, 0.5) is 13.2 Å². The molecule has 1 aromatic carbocycles. The van der Waals surface area contributed by atoms with Gasteiger partial charge in [0.2, 0.25) is 5.91 Å². The van der Waals surface area contributed by atoms with E-state index in [1.54, 1.807) is 23.8 Å². The van der Waals surface area contributed by atoms with Crippen LogP contribution in [0.2, 0.25) is 0 Å². The van der Waals surface area contributed by atoms with Crippen LogP contribution in [0.25, 0.3) is 0 Å². The van der Waals surface area contributed by atoms with Crippen LogP contribution in [0.3, 0.4) is 0 Å². The Bertz CT molecular complexity index is 599. The van der Waals surface area contributed by atoms with Crippen LogP contribution in [0.15, 0.2) is 29.2 Å². The second-order valence-electron chi connectivity index (χ2n) is 4.21. The zero-order chi connectivity index (χ0) is 16.1. The average molecular weight is 325 g/mol. The van der Waals surface area contributed by atoms with Crippen molar-refractivity contribution in [3.05, 3.63) is 29.8 Å². The first kappa shape index (κ1) is 17.4. The van der Waals surface area contributed by atoms with Crippen molar-refractivity contribution in [2.75, 3.05) is 13.2 Å². The molecule has 21 heavy (non-hydrogen) atoms. The van der Waals surface area contributed by atoms with Gasteiger partial charge in [0.25, 0.3) is 10.0 Å². The Balaban J connectivity index is 2.53. The Labute approximate surface area is 120 Å². The number of halogens is 3. The molecule has 1 aromatic rings. The summed E-state index contributed by atoms with van der Waals surface area (Å²) in [5, 5.41) is 0. The molecule has 0 saturated heterocycles. The molecule has 0 spiro atoms. The van der Waals surface area contributed by atoms with Crippen molar-refractivity contribution in [1.29, 1.82) is 0 Å². The molecule has 0 unspecified atom stereocenters. The summed E-state index contributed by atoms with van der Waals surface area (Å²) in [6.45, 7) is -0.440. The lowest BCUT2D eigenvalue weighted by molar-refractivity contribution is -0.174. The van der Waals surface area contributed by atoms with Crippen molar-refractivity contribution in [2.24, 2.45) is 0 Å². The Morgan fingerprint density at radius 2 is 1.90 bits per heavy atom. The van der Waals surface area contributed by atoms with Gasteiger partial charge >= 0.3 is 6.18 Å². The van der Waals surface area contributed by atoms with Gasteiger partial charge in [-0.1, -0.05) is 18.2 Å². The molecule has 0 bridgehead atoms. The molecule has 118 valence electrons. The third-order valence-corrected chi connectivity index (χ3v) is 3.90. The summed E-state index contributed by atoms with van der Waals surface area (Å²) < 4.78 is 65.2. The molecule has 0 fully saturated rings. The molecule has 9 heteroatoms. The minimum atomic E-state index is -4.48. The van der Waals surface area contributed by atoms with Crippen LogP contribution in [-0.2, 0) is 19.6 Å². The molecule has 0 saturated carbocycles. The highest BCUT2D eigenvalue weighted by atomic mass is 32.2. The van der Waals surface area contributed by atoms with Gasteiger partial charge in [0.05, 0.1) is 17.9 Å². The van der Waals surface area contributed by atoms with Crippen LogP contribution in [-0.4, -0.2) is 33.7 Å². The lowest BCUT2D eigenvalue weighted by atomic mass is 10.2. The SMILES string of the molecule is Cc1ccccc1S(=O)(=O)NC(=O)CCOCC(F)(F)F. The van der Waals surface area contributed by atoms with Crippen molar-refractivity contribution in [3.63, 3.8) is 0 Å². The van der Waals surface area contributed by atoms with E-state index in [1.807, 2.05) is 0 Å². The first-order chi connectivity index (χ1) is 9.62. The number of alkyl halides is 3. The number of hydrogen-bond acceptors (Lipinski definition) is 4. The average Bonchev–Trinajstić information content (AvgIpc) is 2.33. The van der Waals surface area contributed by atoms with Crippen molar-refractivity contribution < 1.29 is 31.1 Å². The largest absolute Gasteiger partial charge is 0.411 e. The summed E-state index contributed by atoms with van der Waals surface area (Å²) in [4.78, 5) is 11.4. The third kappa shape index (κ3) is 6.13. The van der Waals surface area contributed by atoms with Crippen LogP contribution in [0.5, 0.6) is 0 Å². The van der Waals surface area contributed by atoms with Crippen LogP contribution >= 0.6 is 0 Å². The molecule has 0 heterocycles. The Hall–Kier alpha value is -1.61. The number of hydrogen-bond donors (Lipinski definition) is 1. The summed E-state index contributed by atoms with van der Waals surface area (Å²) in [5.74, 6) is -0.930. The summed E-state index contributed by atoms with van der Waals surface area (Å²) in [7, 11) is -4.03. The Morgan fingerprint density at radius 1 is 1.29 bits per heavy atom. The smallest absolute Gasteiger partial charge is 0.372 e. The van der Waals surface area contributed by atoms with Crippen LogP contribution in [0.1, 0.15) is 12.0 Å². The normalized spacial score (nSPS) is 12.2. The van der Waals surface area contributed by atoms with E-state index in [2.05, 4.69) is 4.74 Å². The predicted molar refractivity (Wildman–Crippen MR) is 68.0 cm³/mol. The quantitative estimate of drug-likeness (QED) is 0.809. The molecular weight excluding hydrogens is 311 g/mol. The maximum atomic E-state index is 11.9. The lowest BCUT2D eigenvalue weighted by Gasteiger charge is -2.10. The molecule has 0 aliphatic rings. The van der Waals surface area contributed by atoms with Gasteiger partial charge in [-0.3, -0.25) is 4.79 Å². The minimum Gasteiger partial charge on any atom is -0.372 e. The number of ether oxygens (including phenoxy) is 1. The second-order valence-corrected chi connectivity index (χ2v) is 5.86. The molecule has 0 aromatic heterocycles. The summed E-state index contributed by atoms with van der Waals surface area (Å²) in [6.07, 6.45) is -4.97. The summed E-state index contributed by atoms with van der Waals surface area (Å²) >= 11 is 0. The summed E-state index contributed by atoms with van der Waals surface area (Å²) in [5.41, 5.74) is 0.450. The minimum absolute atomic E-state index is 0.0606. The van der Waals surface area contributed by atoms with Crippen LogP contribution in [0, 0.1) is 6.92 Å². The van der Waals surface area contributed by atoms with E-state index < -0.39 is 41.7 Å². The van der Waals surface area contributed by atoms with Gasteiger partial charge in [0.15, 0.2) is 0 Å². The van der Waals surface area contributed by atoms with Crippen molar-refractivity contribution in [2.45, 2.75) is 24.4 Å². The molecule has 0 aliphatic carbocycles. The highest BCUT2D eigenvalue weighted by molar-refractivity contribution is 7.90.